The summed E-state index contributed by atoms with van der Waals surface area (Å²) >= 11 is 0. The molecule has 1 rings (SSSR count). The van der Waals surface area contributed by atoms with Crippen LogP contribution in [0.1, 0.15) is 45.4 Å². The Morgan fingerprint density at radius 3 is 2.78 bits per heavy atom. The van der Waals surface area contributed by atoms with E-state index in [1.165, 1.54) is 0 Å². The Labute approximate surface area is 140 Å². The van der Waals surface area contributed by atoms with E-state index in [4.69, 9.17) is 18.9 Å². The van der Waals surface area contributed by atoms with Crippen molar-refractivity contribution < 1.29 is 24.1 Å². The monoisotopic (exact) mass is 330 g/mol. The minimum Gasteiger partial charge on any atom is -0.393 e. The lowest BCUT2D eigenvalue weighted by Crippen LogP contribution is -2.38. The van der Waals surface area contributed by atoms with Crippen LogP contribution < -0.4 is 0 Å². The zero-order valence-electron chi connectivity index (χ0n) is 14.9. The van der Waals surface area contributed by atoms with Crippen molar-refractivity contribution in [2.75, 3.05) is 27.6 Å². The Morgan fingerprint density at radius 2 is 2.13 bits per heavy atom. The molecule has 0 unspecified atom stereocenters. The van der Waals surface area contributed by atoms with Gasteiger partial charge in [0.25, 0.3) is 0 Å². The van der Waals surface area contributed by atoms with Crippen molar-refractivity contribution >= 4 is 0 Å². The Kier molecular flexibility index (Phi) is 10.7. The zero-order chi connectivity index (χ0) is 17.1. The third kappa shape index (κ3) is 8.27. The van der Waals surface area contributed by atoms with Gasteiger partial charge in [-0.15, -0.1) is 6.58 Å². The molecule has 0 spiro atoms. The molecule has 0 saturated carbocycles. The standard InChI is InChI=1S/C18H34O5/c1-5-6-15(19)11-17(21-4)12-18-14(2)7-8-16(23-18)9-10-22-13-20-3/h5,14-19H,1,6-13H2,2-4H3/t14-,15-,16-,17-,18+/m0/s1. The van der Waals surface area contributed by atoms with E-state index in [9.17, 15) is 5.11 Å². The molecule has 5 atom stereocenters. The minimum atomic E-state index is -0.394. The SMILES string of the molecule is C=CC[C@H](O)C[C@@H](C[C@H]1O[C@H](CCOCOC)CC[C@@H]1C)OC. The fourth-order valence-electron chi connectivity index (χ4n) is 3.08. The molecule has 23 heavy (non-hydrogen) atoms. The summed E-state index contributed by atoms with van der Waals surface area (Å²) in [6.45, 7) is 6.89. The number of hydrogen-bond donors (Lipinski definition) is 1. The van der Waals surface area contributed by atoms with Crippen molar-refractivity contribution in [1.82, 2.24) is 0 Å². The van der Waals surface area contributed by atoms with Crippen molar-refractivity contribution in [2.24, 2.45) is 5.92 Å². The average Bonchev–Trinajstić information content (AvgIpc) is 2.54. The van der Waals surface area contributed by atoms with Crippen LogP contribution in [0, 0.1) is 5.92 Å². The molecule has 1 N–H and O–H groups in total. The van der Waals surface area contributed by atoms with E-state index in [1.807, 2.05) is 0 Å². The second-order valence-electron chi connectivity index (χ2n) is 6.46. The molecule has 136 valence electrons. The van der Waals surface area contributed by atoms with Crippen LogP contribution >= 0.6 is 0 Å². The predicted molar refractivity (Wildman–Crippen MR) is 90.4 cm³/mol. The van der Waals surface area contributed by atoms with Gasteiger partial charge < -0.3 is 24.1 Å². The number of aliphatic hydroxyl groups excluding tert-OH is 1. The molecule has 0 aliphatic carbocycles. The molecule has 1 saturated heterocycles. The summed E-state index contributed by atoms with van der Waals surface area (Å²) in [7, 11) is 3.33. The molecule has 5 heteroatoms. The molecule has 0 aromatic carbocycles. The van der Waals surface area contributed by atoms with Gasteiger partial charge in [0.2, 0.25) is 0 Å². The third-order valence-corrected chi connectivity index (χ3v) is 4.53. The maximum absolute atomic E-state index is 9.94. The van der Waals surface area contributed by atoms with E-state index in [0.717, 1.165) is 25.7 Å². The van der Waals surface area contributed by atoms with Crippen LogP contribution in [0.15, 0.2) is 12.7 Å². The highest BCUT2D eigenvalue weighted by Crippen LogP contribution is 2.30. The van der Waals surface area contributed by atoms with Crippen LogP contribution in [0.5, 0.6) is 0 Å². The van der Waals surface area contributed by atoms with Crippen LogP contribution in [0.2, 0.25) is 0 Å². The molecular formula is C18H34O5. The molecule has 0 radical (unpaired) electrons. The zero-order valence-corrected chi connectivity index (χ0v) is 14.9. The quantitative estimate of drug-likeness (QED) is 0.339. The second-order valence-corrected chi connectivity index (χ2v) is 6.46. The Hall–Kier alpha value is -0.460. The maximum Gasteiger partial charge on any atom is 0.146 e. The normalized spacial score (nSPS) is 27.6. The van der Waals surface area contributed by atoms with Crippen LogP contribution in [-0.4, -0.2) is 57.1 Å². The molecule has 5 nitrogen and oxygen atoms in total. The summed E-state index contributed by atoms with van der Waals surface area (Å²) in [6.07, 6.45) is 6.95. The highest BCUT2D eigenvalue weighted by atomic mass is 16.7. The van der Waals surface area contributed by atoms with Crippen molar-refractivity contribution in [2.45, 2.75) is 69.9 Å². The molecule has 0 bridgehead atoms. The second kappa shape index (κ2) is 12.0. The molecule has 0 amide bonds. The molecule has 0 aromatic rings. The van der Waals surface area contributed by atoms with Gasteiger partial charge in [-0.25, -0.2) is 0 Å². The Bertz CT molecular complexity index is 310. The number of methoxy groups -OCH3 is 2. The summed E-state index contributed by atoms with van der Waals surface area (Å²) in [6, 6.07) is 0. The van der Waals surface area contributed by atoms with Gasteiger partial charge in [-0.2, -0.15) is 0 Å². The third-order valence-electron chi connectivity index (χ3n) is 4.53. The lowest BCUT2D eigenvalue weighted by Gasteiger charge is -2.37. The van der Waals surface area contributed by atoms with Crippen LogP contribution in [0.3, 0.4) is 0 Å². The molecule has 1 aliphatic heterocycles. The van der Waals surface area contributed by atoms with Gasteiger partial charge in [0, 0.05) is 20.6 Å². The van der Waals surface area contributed by atoms with Gasteiger partial charge in [0.05, 0.1) is 31.0 Å². The van der Waals surface area contributed by atoms with Crippen molar-refractivity contribution in [3.63, 3.8) is 0 Å². The van der Waals surface area contributed by atoms with E-state index in [1.54, 1.807) is 20.3 Å². The fourth-order valence-corrected chi connectivity index (χ4v) is 3.08. The van der Waals surface area contributed by atoms with E-state index in [-0.39, 0.29) is 18.3 Å². The van der Waals surface area contributed by atoms with Crippen molar-refractivity contribution in [1.29, 1.82) is 0 Å². The fraction of sp³-hybridized carbons (Fsp3) is 0.889. The van der Waals surface area contributed by atoms with E-state index < -0.39 is 6.10 Å². The van der Waals surface area contributed by atoms with E-state index in [0.29, 0.717) is 32.2 Å². The highest BCUT2D eigenvalue weighted by molar-refractivity contribution is 4.81. The number of hydrogen-bond acceptors (Lipinski definition) is 5. The Morgan fingerprint density at radius 1 is 1.35 bits per heavy atom. The van der Waals surface area contributed by atoms with Gasteiger partial charge in [-0.1, -0.05) is 13.0 Å². The first kappa shape index (κ1) is 20.6. The summed E-state index contributed by atoms with van der Waals surface area (Å²) in [5, 5.41) is 9.94. The van der Waals surface area contributed by atoms with Crippen molar-refractivity contribution in [3.05, 3.63) is 12.7 Å². The van der Waals surface area contributed by atoms with Gasteiger partial charge in [0.1, 0.15) is 6.79 Å². The van der Waals surface area contributed by atoms with Gasteiger partial charge in [-0.3, -0.25) is 0 Å². The summed E-state index contributed by atoms with van der Waals surface area (Å²) in [4.78, 5) is 0. The smallest absolute Gasteiger partial charge is 0.146 e. The predicted octanol–water partition coefficient (Wildman–Crippen LogP) is 2.91. The maximum atomic E-state index is 9.94. The van der Waals surface area contributed by atoms with Crippen LogP contribution in [0.4, 0.5) is 0 Å². The lowest BCUT2D eigenvalue weighted by molar-refractivity contribution is -0.116. The summed E-state index contributed by atoms with van der Waals surface area (Å²) in [5.41, 5.74) is 0. The van der Waals surface area contributed by atoms with E-state index in [2.05, 4.69) is 13.5 Å². The first-order valence-electron chi connectivity index (χ1n) is 8.64. The summed E-state index contributed by atoms with van der Waals surface area (Å²) < 4.78 is 22.0. The van der Waals surface area contributed by atoms with E-state index >= 15 is 0 Å². The lowest BCUT2D eigenvalue weighted by atomic mass is 9.88. The first-order chi connectivity index (χ1) is 11.1. The first-order valence-corrected chi connectivity index (χ1v) is 8.64. The minimum absolute atomic E-state index is 0.0147. The number of ether oxygens (including phenoxy) is 4. The topological polar surface area (TPSA) is 57.2 Å². The number of aliphatic hydroxyl groups is 1. The number of rotatable bonds is 12. The van der Waals surface area contributed by atoms with Crippen LogP contribution in [-0.2, 0) is 18.9 Å². The molecule has 1 heterocycles. The Balaban J connectivity index is 2.40. The average molecular weight is 330 g/mol. The van der Waals surface area contributed by atoms with Gasteiger partial charge in [0.15, 0.2) is 0 Å². The van der Waals surface area contributed by atoms with Crippen molar-refractivity contribution in [3.8, 4) is 0 Å². The van der Waals surface area contributed by atoms with Crippen LogP contribution in [0.25, 0.3) is 0 Å². The molecular weight excluding hydrogens is 296 g/mol. The van der Waals surface area contributed by atoms with Gasteiger partial charge >= 0.3 is 0 Å². The van der Waals surface area contributed by atoms with Gasteiger partial charge in [-0.05, 0) is 38.0 Å². The largest absolute Gasteiger partial charge is 0.393 e. The summed E-state index contributed by atoms with van der Waals surface area (Å²) in [5.74, 6) is 0.514. The highest BCUT2D eigenvalue weighted by Gasteiger charge is 2.30. The molecule has 1 fully saturated rings. The molecule has 0 aromatic heterocycles. The molecule has 1 aliphatic rings.